The monoisotopic (exact) mass is 540 g/mol. The van der Waals surface area contributed by atoms with Gasteiger partial charge in [-0.25, -0.2) is 9.78 Å². The molecule has 2 aliphatic rings. The van der Waals surface area contributed by atoms with Gasteiger partial charge in [0.25, 0.3) is 5.56 Å². The summed E-state index contributed by atoms with van der Waals surface area (Å²) in [7, 11) is -5.39. The fourth-order valence-electron chi connectivity index (χ4n) is 2.89. The van der Waals surface area contributed by atoms with Gasteiger partial charge in [0, 0.05) is 0 Å². The minimum absolute atomic E-state index is 0. The number of hydrogen-bond donors (Lipinski definition) is 5. The van der Waals surface area contributed by atoms with Gasteiger partial charge in [0.05, 0.1) is 24.2 Å². The summed E-state index contributed by atoms with van der Waals surface area (Å²) in [5.41, 5.74) is 1.11. The number of aliphatic hydroxyl groups is 4. The number of aromatic amines is 1. The smallest absolute Gasteiger partial charge is 0.822 e. The molecule has 14 nitrogen and oxygen atoms in total. The molecule has 0 amide bonds. The summed E-state index contributed by atoms with van der Waals surface area (Å²) in [5.74, 6) is -0.0516. The van der Waals surface area contributed by atoms with Crippen molar-refractivity contribution in [1.82, 2.24) is 19.5 Å². The Morgan fingerprint density at radius 1 is 1.00 bits per heavy atom. The largest absolute Gasteiger partial charge is 1.00 e. The molecule has 5 N–H and O–H groups in total. The summed E-state index contributed by atoms with van der Waals surface area (Å²) in [5, 5.41) is 38.8. The van der Waals surface area contributed by atoms with Crippen molar-refractivity contribution in [2.24, 2.45) is 0 Å². The molecule has 2 heterocycles. The molecule has 0 unspecified atom stereocenters. The molecule has 0 bridgehead atoms. The van der Waals surface area contributed by atoms with Crippen molar-refractivity contribution in [1.29, 1.82) is 0 Å². The summed E-state index contributed by atoms with van der Waals surface area (Å²) in [6.45, 7) is 2.73. The van der Waals surface area contributed by atoms with Gasteiger partial charge in [0.15, 0.2) is 11.5 Å². The Balaban J connectivity index is 0. The number of rotatable bonds is 5. The quantitative estimate of drug-likeness (QED) is 0.115. The molecule has 0 fully saturated rings. The van der Waals surface area contributed by atoms with Crippen LogP contribution in [0.1, 0.15) is 11.1 Å². The number of benzene rings is 1. The van der Waals surface area contributed by atoms with Gasteiger partial charge < -0.3 is 44.2 Å². The Morgan fingerprint density at radius 3 is 2.03 bits per heavy atom. The van der Waals surface area contributed by atoms with E-state index in [0.717, 1.165) is 11.1 Å². The summed E-state index contributed by atoms with van der Waals surface area (Å²) in [6.07, 6.45) is -4.68. The van der Waals surface area contributed by atoms with Crippen LogP contribution in [0.15, 0.2) is 21.7 Å². The van der Waals surface area contributed by atoms with Crippen LogP contribution in [0, 0.1) is 13.8 Å². The topological polar surface area (TPSA) is 248 Å². The molecule has 3 atom stereocenters. The second-order valence-electron chi connectivity index (χ2n) is 6.95. The second-order valence-corrected chi connectivity index (χ2v) is 7.84. The normalized spacial score (nSPS) is 13.4. The van der Waals surface area contributed by atoms with Gasteiger partial charge in [-0.3, -0.25) is 9.78 Å². The second kappa shape index (κ2) is 15.8. The minimum atomic E-state index is -5.39. The molecule has 0 aliphatic carbocycles. The minimum Gasteiger partial charge on any atom is -0.822 e. The van der Waals surface area contributed by atoms with Crippen molar-refractivity contribution in [3.05, 3.63) is 44.1 Å². The molecule has 35 heavy (non-hydrogen) atoms. The van der Waals surface area contributed by atoms with Crippen molar-refractivity contribution in [3.63, 3.8) is 0 Å². The molecule has 1 aromatic carbocycles. The van der Waals surface area contributed by atoms with E-state index in [0.29, 0.717) is 11.0 Å². The molecule has 0 saturated heterocycles. The number of phosphoric acid groups is 1. The zero-order valence-corrected chi connectivity index (χ0v) is 26.7. The zero-order chi connectivity index (χ0) is 24.4. The average Bonchev–Trinajstić information content (AvgIpc) is 2.67. The van der Waals surface area contributed by atoms with Crippen molar-refractivity contribution >= 4 is 18.9 Å². The first-order valence-electron chi connectivity index (χ1n) is 9.03. The number of hydrogen-bond acceptors (Lipinski definition) is 12. The van der Waals surface area contributed by atoms with E-state index in [1.54, 1.807) is 12.1 Å². The van der Waals surface area contributed by atoms with Gasteiger partial charge in [-0.05, 0) is 37.1 Å². The first-order chi connectivity index (χ1) is 14.7. The van der Waals surface area contributed by atoms with Crippen LogP contribution < -0.4 is 115 Å². The van der Waals surface area contributed by atoms with Crippen LogP contribution in [0.4, 0.5) is 0 Å². The van der Waals surface area contributed by atoms with E-state index in [4.69, 9.17) is 24.4 Å². The van der Waals surface area contributed by atoms with Crippen molar-refractivity contribution < 1.29 is 128 Å². The third kappa shape index (κ3) is 10.6. The summed E-state index contributed by atoms with van der Waals surface area (Å²) < 4.78 is 9.95. The van der Waals surface area contributed by atoms with E-state index in [1.165, 1.54) is 4.57 Å². The molecule has 18 heteroatoms. The van der Waals surface area contributed by atoms with E-state index in [1.807, 2.05) is 13.8 Å². The molecule has 0 radical (unpaired) electrons. The fraction of sp³-hybridized carbons (Fsp3) is 0.412. The molecule has 176 valence electrons. The molecule has 2 aliphatic heterocycles. The van der Waals surface area contributed by atoms with Crippen LogP contribution in [-0.4, -0.2) is 64.9 Å². The van der Waals surface area contributed by atoms with E-state index in [2.05, 4.69) is 15.0 Å². The maximum atomic E-state index is 12.2. The number of aromatic nitrogens is 4. The van der Waals surface area contributed by atoms with Crippen molar-refractivity contribution in [2.45, 2.75) is 38.7 Å². The molecular formula is C17H20N4Na3O10P. The van der Waals surface area contributed by atoms with E-state index in [9.17, 15) is 24.9 Å². The number of aliphatic hydroxyl groups excluding tert-OH is 4. The number of H-pyrrole nitrogens is 1. The zero-order valence-electron chi connectivity index (χ0n) is 19.8. The van der Waals surface area contributed by atoms with E-state index in [-0.39, 0.29) is 107 Å². The SMILES string of the molecule is Cc1cc2nc3c(=O)[nH]c(=O)nc-3n(C[C@H](O)[C@H](O)[C@H](O)CO)c2cc1C.O=P([O-])([O-])[O-].[Na+].[Na+].[Na+]. The molecule has 0 saturated carbocycles. The van der Waals surface area contributed by atoms with Crippen LogP contribution in [0.25, 0.3) is 22.6 Å². The van der Waals surface area contributed by atoms with Gasteiger partial charge in [-0.15, -0.1) is 0 Å². The number of nitrogens with one attached hydrogen (secondary N) is 1. The molecule has 3 rings (SSSR count). The third-order valence-corrected chi connectivity index (χ3v) is 4.57. The van der Waals surface area contributed by atoms with Crippen LogP contribution in [0.5, 0.6) is 0 Å². The van der Waals surface area contributed by atoms with Gasteiger partial charge in [0.2, 0.25) is 0 Å². The maximum Gasteiger partial charge on any atom is 1.00 e. The van der Waals surface area contributed by atoms with Gasteiger partial charge >= 0.3 is 94.4 Å². The Kier molecular flexibility index (Phi) is 16.9. The standard InChI is InChI=1S/C17H20N4O6.3Na.H3O4P/c1-7-3-9-10(4-8(7)2)21(5-11(23)14(25)12(24)6-22)15-13(18-9)16(26)20-17(27)19-15;;;;1-5(2,3)4/h3-4,11-12,14,22-25H,5-6H2,1-2H3,(H,20,26,27);;;;(H3,1,2,3,4)/q;3*+1;/p-3/t11-,12+,14-;;;;/m0..../s1. The molecule has 1 aromatic rings. The van der Waals surface area contributed by atoms with Gasteiger partial charge in [0.1, 0.15) is 18.3 Å². The number of fused-ring (bicyclic) bond motifs is 2. The van der Waals surface area contributed by atoms with Crippen LogP contribution in [0.3, 0.4) is 0 Å². The van der Waals surface area contributed by atoms with Crippen molar-refractivity contribution in [2.75, 3.05) is 6.61 Å². The van der Waals surface area contributed by atoms with Crippen LogP contribution in [0.2, 0.25) is 0 Å². The van der Waals surface area contributed by atoms with Gasteiger partial charge in [-0.2, -0.15) is 12.8 Å². The van der Waals surface area contributed by atoms with E-state index >= 15 is 0 Å². The van der Waals surface area contributed by atoms with Gasteiger partial charge in [-0.1, -0.05) is 0 Å². The Bertz CT molecular complexity index is 1240. The number of aryl methyl sites for hydroxylation is 2. The maximum absolute atomic E-state index is 12.2. The van der Waals surface area contributed by atoms with Crippen LogP contribution >= 0.6 is 7.82 Å². The fourth-order valence-corrected chi connectivity index (χ4v) is 2.89. The average molecular weight is 540 g/mol. The first-order valence-corrected chi connectivity index (χ1v) is 10.5. The molecule has 0 aromatic heterocycles. The Morgan fingerprint density at radius 2 is 1.51 bits per heavy atom. The van der Waals surface area contributed by atoms with Crippen LogP contribution in [-0.2, 0) is 11.1 Å². The predicted molar refractivity (Wildman–Crippen MR) is 103 cm³/mol. The Labute approximate surface area is 264 Å². The molecule has 0 spiro atoms. The summed E-state index contributed by atoms with van der Waals surface area (Å²) in [4.78, 5) is 59.6. The summed E-state index contributed by atoms with van der Waals surface area (Å²) in [6, 6.07) is 3.53. The van der Waals surface area contributed by atoms with Crippen molar-refractivity contribution in [3.8, 4) is 11.5 Å². The third-order valence-electron chi connectivity index (χ3n) is 4.57. The van der Waals surface area contributed by atoms with E-state index < -0.39 is 44.0 Å². The predicted octanol–water partition coefficient (Wildman–Crippen LogP) is -13.5. The summed E-state index contributed by atoms with van der Waals surface area (Å²) >= 11 is 0. The number of nitrogens with zero attached hydrogens (tertiary/aromatic N) is 3. The Hall–Kier alpha value is 0.450. The molecular weight excluding hydrogens is 520 g/mol. The first kappa shape index (κ1) is 37.6.